The predicted octanol–water partition coefficient (Wildman–Crippen LogP) is 3.17. The SMILES string of the molecule is CC(C)(C)OC(=O)N1C2CC1CN(c1ccc(-c3cc(O)cn4ncc(C#N)c34)cn1)C2. The number of rotatable bonds is 2. The lowest BCUT2D eigenvalue weighted by Crippen LogP contribution is -2.70. The van der Waals surface area contributed by atoms with Crippen molar-refractivity contribution < 1.29 is 14.6 Å². The maximum atomic E-state index is 12.5. The molecule has 32 heavy (non-hydrogen) atoms. The molecule has 3 aromatic heterocycles. The molecule has 0 aromatic carbocycles. The molecule has 3 aliphatic heterocycles. The summed E-state index contributed by atoms with van der Waals surface area (Å²) in [6.07, 6.45) is 5.43. The van der Waals surface area contributed by atoms with E-state index in [-0.39, 0.29) is 23.9 Å². The lowest BCUT2D eigenvalue weighted by atomic mass is 9.88. The number of nitriles is 1. The van der Waals surface area contributed by atoms with Crippen LogP contribution in [0.1, 0.15) is 32.8 Å². The Bertz CT molecular complexity index is 1230. The summed E-state index contributed by atoms with van der Waals surface area (Å²) < 4.78 is 7.04. The molecule has 2 bridgehead atoms. The second kappa shape index (κ2) is 7.12. The highest BCUT2D eigenvalue weighted by Gasteiger charge is 2.49. The molecule has 3 aliphatic rings. The van der Waals surface area contributed by atoms with E-state index in [4.69, 9.17) is 4.74 Å². The first kappa shape index (κ1) is 20.1. The molecule has 0 aliphatic carbocycles. The van der Waals surface area contributed by atoms with Crippen LogP contribution in [-0.2, 0) is 4.74 Å². The number of hydrogen-bond acceptors (Lipinski definition) is 7. The summed E-state index contributed by atoms with van der Waals surface area (Å²) in [5.74, 6) is 0.889. The molecule has 1 N–H and O–H groups in total. The molecule has 3 saturated heterocycles. The zero-order valence-electron chi connectivity index (χ0n) is 18.2. The van der Waals surface area contributed by atoms with E-state index >= 15 is 0 Å². The van der Waals surface area contributed by atoms with Gasteiger partial charge < -0.3 is 14.7 Å². The van der Waals surface area contributed by atoms with Crippen LogP contribution in [0.2, 0.25) is 0 Å². The third-order valence-electron chi connectivity index (χ3n) is 5.90. The van der Waals surface area contributed by atoms with Gasteiger partial charge in [-0.25, -0.2) is 14.3 Å². The molecule has 6 heterocycles. The van der Waals surface area contributed by atoms with Crippen LogP contribution < -0.4 is 4.90 Å². The maximum absolute atomic E-state index is 12.5. The topological polar surface area (TPSA) is 107 Å². The number of hydrogen-bond donors (Lipinski definition) is 1. The Morgan fingerprint density at radius 3 is 2.62 bits per heavy atom. The van der Waals surface area contributed by atoms with Gasteiger partial charge in [-0.2, -0.15) is 10.4 Å². The van der Waals surface area contributed by atoms with Crippen LogP contribution in [-0.4, -0.2) is 61.5 Å². The zero-order valence-corrected chi connectivity index (χ0v) is 18.2. The summed E-state index contributed by atoms with van der Waals surface area (Å²) in [6, 6.07) is 7.87. The fourth-order valence-corrected chi connectivity index (χ4v) is 4.55. The number of amides is 1. The van der Waals surface area contributed by atoms with Crippen molar-refractivity contribution in [2.75, 3.05) is 18.0 Å². The van der Waals surface area contributed by atoms with Crippen molar-refractivity contribution in [1.29, 1.82) is 5.26 Å². The highest BCUT2D eigenvalue weighted by atomic mass is 16.6. The zero-order chi connectivity index (χ0) is 22.6. The average Bonchev–Trinajstić information content (AvgIpc) is 3.14. The fourth-order valence-electron chi connectivity index (χ4n) is 4.55. The summed E-state index contributed by atoms with van der Waals surface area (Å²) in [5, 5.41) is 23.6. The van der Waals surface area contributed by atoms with Gasteiger partial charge in [-0.15, -0.1) is 0 Å². The molecule has 9 heteroatoms. The molecular weight excluding hydrogens is 408 g/mol. The molecule has 164 valence electrons. The first-order chi connectivity index (χ1) is 15.2. The number of carbonyl (C=O) groups excluding carboxylic acids is 1. The predicted molar refractivity (Wildman–Crippen MR) is 117 cm³/mol. The van der Waals surface area contributed by atoms with Gasteiger partial charge in [-0.05, 0) is 45.4 Å². The van der Waals surface area contributed by atoms with E-state index in [2.05, 4.69) is 21.1 Å². The number of aromatic hydroxyl groups is 1. The van der Waals surface area contributed by atoms with Crippen molar-refractivity contribution in [1.82, 2.24) is 19.5 Å². The largest absolute Gasteiger partial charge is 0.506 e. The maximum Gasteiger partial charge on any atom is 0.410 e. The number of fused-ring (bicyclic) bond motifs is 3. The molecule has 2 unspecified atom stereocenters. The van der Waals surface area contributed by atoms with E-state index in [0.717, 1.165) is 17.8 Å². The second-order valence-corrected chi connectivity index (χ2v) is 9.32. The number of nitrogens with zero attached hydrogens (tertiary/aromatic N) is 6. The first-order valence-electron chi connectivity index (χ1n) is 10.6. The minimum absolute atomic E-state index is 0.0579. The number of ether oxygens (including phenoxy) is 1. The lowest BCUT2D eigenvalue weighted by molar-refractivity contribution is -0.0380. The fraction of sp³-hybridized carbons (Fsp3) is 0.391. The van der Waals surface area contributed by atoms with E-state index < -0.39 is 5.60 Å². The van der Waals surface area contributed by atoms with Gasteiger partial charge in [0.15, 0.2) is 0 Å². The monoisotopic (exact) mass is 432 g/mol. The molecule has 3 aromatic rings. The number of piperidine rings is 1. The molecular formula is C23H24N6O3. The standard InChI is InChI=1S/C23H24N6O3/c1-23(2,3)32-22(31)29-16-6-17(29)12-27(11-16)20-5-4-14(9-25-20)19-7-18(30)13-28-21(19)15(8-24)10-26-28/h4-5,7,9-10,13,16-17,30H,6,11-12H2,1-3H3. The van der Waals surface area contributed by atoms with Gasteiger partial charge in [0.2, 0.25) is 0 Å². The van der Waals surface area contributed by atoms with E-state index in [1.54, 1.807) is 12.3 Å². The molecule has 6 rings (SSSR count). The molecule has 2 atom stereocenters. The molecule has 1 amide bonds. The molecule has 9 nitrogen and oxygen atoms in total. The van der Waals surface area contributed by atoms with E-state index in [9.17, 15) is 15.2 Å². The Morgan fingerprint density at radius 2 is 2.00 bits per heavy atom. The minimum Gasteiger partial charge on any atom is -0.506 e. The minimum atomic E-state index is -0.504. The van der Waals surface area contributed by atoms with Crippen LogP contribution in [0.3, 0.4) is 0 Å². The van der Waals surface area contributed by atoms with Crippen LogP contribution in [0.25, 0.3) is 16.6 Å². The van der Waals surface area contributed by atoms with Crippen LogP contribution in [0.5, 0.6) is 5.75 Å². The summed E-state index contributed by atoms with van der Waals surface area (Å²) in [4.78, 5) is 21.2. The van der Waals surface area contributed by atoms with Crippen molar-refractivity contribution in [2.45, 2.75) is 44.9 Å². The number of anilines is 1. The van der Waals surface area contributed by atoms with Crippen molar-refractivity contribution in [3.8, 4) is 22.9 Å². The summed E-state index contributed by atoms with van der Waals surface area (Å²) in [6.45, 7) is 7.05. The Kier molecular flexibility index (Phi) is 4.48. The van der Waals surface area contributed by atoms with Crippen molar-refractivity contribution in [2.24, 2.45) is 0 Å². The quantitative estimate of drug-likeness (QED) is 0.663. The van der Waals surface area contributed by atoms with Gasteiger partial charge >= 0.3 is 6.09 Å². The average molecular weight is 432 g/mol. The first-order valence-corrected chi connectivity index (χ1v) is 10.6. The number of piperazine rings is 1. The van der Waals surface area contributed by atoms with E-state index in [1.807, 2.05) is 37.8 Å². The Hall–Kier alpha value is -3.80. The Balaban J connectivity index is 1.35. The van der Waals surface area contributed by atoms with Crippen molar-refractivity contribution >= 4 is 17.4 Å². The highest BCUT2D eigenvalue weighted by molar-refractivity contribution is 5.85. The lowest BCUT2D eigenvalue weighted by Gasteiger charge is -2.56. The number of aromatic nitrogens is 3. The Labute approximate surface area is 185 Å². The third kappa shape index (κ3) is 3.38. The van der Waals surface area contributed by atoms with Crippen LogP contribution >= 0.6 is 0 Å². The molecule has 0 radical (unpaired) electrons. The highest BCUT2D eigenvalue weighted by Crippen LogP contribution is 2.36. The normalized spacial score (nSPS) is 20.1. The van der Waals surface area contributed by atoms with Gasteiger partial charge in [0.25, 0.3) is 0 Å². The van der Waals surface area contributed by atoms with Gasteiger partial charge in [0.05, 0.1) is 35.6 Å². The third-order valence-corrected chi connectivity index (χ3v) is 5.90. The van der Waals surface area contributed by atoms with E-state index in [0.29, 0.717) is 29.7 Å². The molecule has 3 fully saturated rings. The van der Waals surface area contributed by atoms with E-state index in [1.165, 1.54) is 16.9 Å². The summed E-state index contributed by atoms with van der Waals surface area (Å²) in [7, 11) is 0. The van der Waals surface area contributed by atoms with Gasteiger partial charge in [0, 0.05) is 30.4 Å². The van der Waals surface area contributed by atoms with Gasteiger partial charge in [-0.1, -0.05) is 0 Å². The molecule has 0 saturated carbocycles. The summed E-state index contributed by atoms with van der Waals surface area (Å²) in [5.41, 5.74) is 2.03. The van der Waals surface area contributed by atoms with Crippen LogP contribution in [0.4, 0.5) is 10.6 Å². The smallest absolute Gasteiger partial charge is 0.410 e. The van der Waals surface area contributed by atoms with Gasteiger partial charge in [0.1, 0.15) is 23.2 Å². The second-order valence-electron chi connectivity index (χ2n) is 9.32. The van der Waals surface area contributed by atoms with Crippen LogP contribution in [0.15, 0.2) is 36.8 Å². The summed E-state index contributed by atoms with van der Waals surface area (Å²) >= 11 is 0. The Morgan fingerprint density at radius 1 is 1.25 bits per heavy atom. The van der Waals surface area contributed by atoms with Crippen molar-refractivity contribution in [3.05, 3.63) is 42.4 Å². The van der Waals surface area contributed by atoms with Gasteiger partial charge in [-0.3, -0.25) is 4.90 Å². The molecule has 0 spiro atoms. The number of carbonyl (C=O) groups is 1. The van der Waals surface area contributed by atoms with Crippen LogP contribution in [0, 0.1) is 11.3 Å². The van der Waals surface area contributed by atoms with Crippen molar-refractivity contribution in [3.63, 3.8) is 0 Å². The number of pyridine rings is 2.